The summed E-state index contributed by atoms with van der Waals surface area (Å²) in [7, 11) is 7.90. The molecule has 1 aromatic rings. The van der Waals surface area contributed by atoms with Gasteiger partial charge in [-0.25, -0.2) is 0 Å². The highest BCUT2D eigenvalue weighted by Crippen LogP contribution is 2.14. The maximum Gasteiger partial charge on any atom is 0.194 e. The highest BCUT2D eigenvalue weighted by Gasteiger charge is 2.09. The first-order valence-electron chi connectivity index (χ1n) is 8.45. The van der Waals surface area contributed by atoms with Crippen molar-refractivity contribution in [2.24, 2.45) is 12.0 Å². The normalized spacial score (nSPS) is 12.0. The Morgan fingerprint density at radius 2 is 2.12 bits per heavy atom. The van der Waals surface area contributed by atoms with Crippen LogP contribution in [0.2, 0.25) is 5.02 Å². The lowest BCUT2D eigenvalue weighted by Crippen LogP contribution is -2.39. The summed E-state index contributed by atoms with van der Waals surface area (Å²) in [6, 6.07) is 1.99. The van der Waals surface area contributed by atoms with Crippen LogP contribution in [0.5, 0.6) is 0 Å². The van der Waals surface area contributed by atoms with Crippen molar-refractivity contribution < 1.29 is 4.74 Å². The highest BCUT2D eigenvalue weighted by molar-refractivity contribution is 6.30. The van der Waals surface area contributed by atoms with E-state index in [9.17, 15) is 0 Å². The molecule has 7 heteroatoms. The number of hydrogen-bond acceptors (Lipinski definition) is 3. The standard InChI is InChI=1S/C17H32ClN5O/c1-6-19-17(20-8-7-9-21(2)10-11-24-5)23(4)14-16-12-15(18)13-22(16)3/h12-13H,6-11,14H2,1-5H3,(H,19,20). The lowest BCUT2D eigenvalue weighted by molar-refractivity contribution is 0.161. The minimum atomic E-state index is 0.766. The van der Waals surface area contributed by atoms with Crippen molar-refractivity contribution in [2.75, 3.05) is 54.0 Å². The topological polar surface area (TPSA) is 45.0 Å². The Labute approximate surface area is 151 Å². The van der Waals surface area contributed by atoms with Gasteiger partial charge in [0.1, 0.15) is 0 Å². The third kappa shape index (κ3) is 7.55. The predicted octanol–water partition coefficient (Wildman–Crippen LogP) is 2.04. The van der Waals surface area contributed by atoms with Crippen LogP contribution in [-0.4, -0.2) is 74.3 Å². The molecule has 1 heterocycles. The smallest absolute Gasteiger partial charge is 0.194 e. The van der Waals surface area contributed by atoms with E-state index in [1.807, 2.05) is 30.9 Å². The number of aryl methyl sites for hydroxylation is 1. The average molecular weight is 358 g/mol. The van der Waals surface area contributed by atoms with Crippen LogP contribution in [0.15, 0.2) is 17.3 Å². The van der Waals surface area contributed by atoms with Crippen LogP contribution in [0, 0.1) is 0 Å². The maximum absolute atomic E-state index is 6.06. The molecule has 6 nitrogen and oxygen atoms in total. The van der Waals surface area contributed by atoms with Gasteiger partial charge in [-0.1, -0.05) is 11.6 Å². The molecule has 24 heavy (non-hydrogen) atoms. The third-order valence-electron chi connectivity index (χ3n) is 3.81. The number of ether oxygens (including phenoxy) is 1. The molecule has 1 N–H and O–H groups in total. The Morgan fingerprint density at radius 1 is 1.38 bits per heavy atom. The van der Waals surface area contributed by atoms with Gasteiger partial charge in [-0.05, 0) is 33.0 Å². The van der Waals surface area contributed by atoms with E-state index in [2.05, 4.69) is 29.1 Å². The minimum absolute atomic E-state index is 0.766. The molecule has 1 rings (SSSR count). The second-order valence-electron chi connectivity index (χ2n) is 6.00. The fourth-order valence-corrected chi connectivity index (χ4v) is 2.67. The average Bonchev–Trinajstić information content (AvgIpc) is 2.85. The summed E-state index contributed by atoms with van der Waals surface area (Å²) in [5.74, 6) is 0.925. The Balaban J connectivity index is 2.50. The van der Waals surface area contributed by atoms with Gasteiger partial charge in [-0.15, -0.1) is 0 Å². The molecule has 0 amide bonds. The van der Waals surface area contributed by atoms with E-state index in [1.165, 1.54) is 0 Å². The number of aromatic nitrogens is 1. The number of hydrogen-bond donors (Lipinski definition) is 1. The monoisotopic (exact) mass is 357 g/mol. The summed E-state index contributed by atoms with van der Waals surface area (Å²) in [5, 5.41) is 4.12. The Kier molecular flexibility index (Phi) is 9.83. The zero-order chi connectivity index (χ0) is 17.9. The molecule has 0 saturated heterocycles. The molecule has 0 aliphatic heterocycles. The fraction of sp³-hybridized carbons (Fsp3) is 0.706. The lowest BCUT2D eigenvalue weighted by Gasteiger charge is -2.22. The molecule has 1 aromatic heterocycles. The summed E-state index contributed by atoms with van der Waals surface area (Å²) in [6.07, 6.45) is 2.95. The molecule has 0 unspecified atom stereocenters. The molecule has 0 atom stereocenters. The molecule has 0 aliphatic carbocycles. The number of nitrogens with zero attached hydrogens (tertiary/aromatic N) is 4. The van der Waals surface area contributed by atoms with Gasteiger partial charge in [0.2, 0.25) is 0 Å². The second-order valence-corrected chi connectivity index (χ2v) is 6.44. The predicted molar refractivity (Wildman–Crippen MR) is 102 cm³/mol. The van der Waals surface area contributed by atoms with E-state index in [0.29, 0.717) is 0 Å². The van der Waals surface area contributed by atoms with E-state index in [1.54, 1.807) is 7.11 Å². The van der Waals surface area contributed by atoms with Crippen LogP contribution in [-0.2, 0) is 18.3 Å². The van der Waals surface area contributed by atoms with E-state index < -0.39 is 0 Å². The molecule has 0 aromatic carbocycles. The van der Waals surface area contributed by atoms with Gasteiger partial charge in [-0.2, -0.15) is 0 Å². The number of aliphatic imine (C=N–C) groups is 1. The fourth-order valence-electron chi connectivity index (χ4n) is 2.40. The van der Waals surface area contributed by atoms with Gasteiger partial charge in [-0.3, -0.25) is 4.99 Å². The number of halogens is 1. The van der Waals surface area contributed by atoms with E-state index >= 15 is 0 Å². The van der Waals surface area contributed by atoms with Crippen LogP contribution >= 0.6 is 11.6 Å². The molecule has 0 bridgehead atoms. The van der Waals surface area contributed by atoms with Crippen LogP contribution in [0.3, 0.4) is 0 Å². The maximum atomic E-state index is 6.06. The number of methoxy groups -OCH3 is 1. The first kappa shape index (κ1) is 20.8. The SMILES string of the molecule is CCNC(=NCCCN(C)CCOC)N(C)Cc1cc(Cl)cn1C. The van der Waals surface area contributed by atoms with Crippen molar-refractivity contribution >= 4 is 17.6 Å². The largest absolute Gasteiger partial charge is 0.383 e. The first-order valence-corrected chi connectivity index (χ1v) is 8.83. The van der Waals surface area contributed by atoms with Gasteiger partial charge in [0.05, 0.1) is 18.2 Å². The van der Waals surface area contributed by atoms with Crippen molar-refractivity contribution in [2.45, 2.75) is 19.9 Å². The highest BCUT2D eigenvalue weighted by atomic mass is 35.5. The van der Waals surface area contributed by atoms with Crippen LogP contribution in [0.1, 0.15) is 19.0 Å². The molecular weight excluding hydrogens is 326 g/mol. The summed E-state index contributed by atoms with van der Waals surface area (Å²) in [5.41, 5.74) is 1.16. The van der Waals surface area contributed by atoms with Gasteiger partial charge >= 0.3 is 0 Å². The van der Waals surface area contributed by atoms with Crippen LogP contribution in [0.4, 0.5) is 0 Å². The van der Waals surface area contributed by atoms with E-state index in [4.69, 9.17) is 21.3 Å². The van der Waals surface area contributed by atoms with Crippen LogP contribution < -0.4 is 5.32 Å². The molecule has 0 fully saturated rings. The van der Waals surface area contributed by atoms with Gasteiger partial charge in [0.15, 0.2) is 5.96 Å². The van der Waals surface area contributed by atoms with Crippen molar-refractivity contribution in [3.05, 3.63) is 23.0 Å². The summed E-state index contributed by atoms with van der Waals surface area (Å²) in [4.78, 5) is 9.12. The number of likely N-dealkylation sites (N-methyl/N-ethyl adjacent to an activating group) is 1. The number of rotatable bonds is 10. The van der Waals surface area contributed by atoms with Crippen molar-refractivity contribution in [1.29, 1.82) is 0 Å². The summed E-state index contributed by atoms with van der Waals surface area (Å²) >= 11 is 6.06. The van der Waals surface area contributed by atoms with Crippen LogP contribution in [0.25, 0.3) is 0 Å². The molecule has 0 saturated carbocycles. The second kappa shape index (κ2) is 11.3. The Morgan fingerprint density at radius 3 is 2.71 bits per heavy atom. The zero-order valence-electron chi connectivity index (χ0n) is 15.7. The molecule has 0 radical (unpaired) electrons. The first-order chi connectivity index (χ1) is 11.5. The molecule has 138 valence electrons. The minimum Gasteiger partial charge on any atom is -0.383 e. The van der Waals surface area contributed by atoms with E-state index in [0.717, 1.165) is 62.4 Å². The van der Waals surface area contributed by atoms with Crippen molar-refractivity contribution in [3.8, 4) is 0 Å². The zero-order valence-corrected chi connectivity index (χ0v) is 16.4. The summed E-state index contributed by atoms with van der Waals surface area (Å²) < 4.78 is 7.14. The molecular formula is C17H32ClN5O. The Hall–Kier alpha value is -1.24. The summed E-state index contributed by atoms with van der Waals surface area (Å²) in [6.45, 7) is 7.25. The van der Waals surface area contributed by atoms with Gasteiger partial charge in [0, 0.05) is 52.7 Å². The number of guanidine groups is 1. The Bertz CT molecular complexity index is 503. The lowest BCUT2D eigenvalue weighted by atomic mass is 10.4. The molecule has 0 aliphatic rings. The van der Waals surface area contributed by atoms with Crippen molar-refractivity contribution in [3.63, 3.8) is 0 Å². The van der Waals surface area contributed by atoms with Crippen molar-refractivity contribution in [1.82, 2.24) is 19.7 Å². The van der Waals surface area contributed by atoms with Gasteiger partial charge < -0.3 is 24.4 Å². The van der Waals surface area contributed by atoms with Gasteiger partial charge in [0.25, 0.3) is 0 Å². The third-order valence-corrected chi connectivity index (χ3v) is 4.01. The number of nitrogens with one attached hydrogen (secondary N) is 1. The van der Waals surface area contributed by atoms with E-state index in [-0.39, 0.29) is 0 Å². The molecule has 0 spiro atoms. The quantitative estimate of drug-likeness (QED) is 0.395.